The van der Waals surface area contributed by atoms with E-state index in [1.807, 2.05) is 34.6 Å². The molecule has 5 heteroatoms. The fourth-order valence-corrected chi connectivity index (χ4v) is 2.72. The van der Waals surface area contributed by atoms with Crippen molar-refractivity contribution in [2.45, 2.75) is 58.7 Å². The number of carbonyl (C=O) groups is 2. The van der Waals surface area contributed by atoms with Crippen molar-refractivity contribution in [3.63, 3.8) is 0 Å². The van der Waals surface area contributed by atoms with Crippen LogP contribution in [0.2, 0.25) is 0 Å². The highest BCUT2D eigenvalue weighted by Crippen LogP contribution is 2.27. The molecule has 0 aromatic carbocycles. The average molecular weight is 270 g/mol. The molecule has 5 nitrogen and oxygen atoms in total. The zero-order valence-corrected chi connectivity index (χ0v) is 12.8. The van der Waals surface area contributed by atoms with Gasteiger partial charge in [-0.2, -0.15) is 0 Å². The molecule has 2 unspecified atom stereocenters. The second-order valence-electron chi connectivity index (χ2n) is 6.11. The smallest absolute Gasteiger partial charge is 0.246 e. The number of hydrogen-bond acceptors (Lipinski definition) is 3. The Morgan fingerprint density at radius 1 is 1.37 bits per heavy atom. The first-order valence-corrected chi connectivity index (χ1v) is 6.88. The van der Waals surface area contributed by atoms with Gasteiger partial charge in [-0.15, -0.1) is 0 Å². The van der Waals surface area contributed by atoms with E-state index < -0.39 is 17.6 Å². The summed E-state index contributed by atoms with van der Waals surface area (Å²) in [6.07, 6.45) is 0.606. The lowest BCUT2D eigenvalue weighted by atomic mass is 9.90. The minimum Gasteiger partial charge on any atom is -0.382 e. The van der Waals surface area contributed by atoms with E-state index in [0.29, 0.717) is 13.0 Å². The molecule has 1 N–H and O–H groups in total. The number of methoxy groups -OCH3 is 1. The fraction of sp³-hybridized carbons (Fsp3) is 0.857. The van der Waals surface area contributed by atoms with Gasteiger partial charge in [0.05, 0.1) is 12.1 Å². The van der Waals surface area contributed by atoms with Crippen molar-refractivity contribution in [2.24, 2.45) is 5.92 Å². The molecule has 2 amide bonds. The second-order valence-corrected chi connectivity index (χ2v) is 6.11. The molecule has 1 fully saturated rings. The van der Waals surface area contributed by atoms with Crippen molar-refractivity contribution in [1.29, 1.82) is 0 Å². The summed E-state index contributed by atoms with van der Waals surface area (Å²) < 4.78 is 5.21. The molecule has 0 bridgehead atoms. The highest BCUT2D eigenvalue weighted by molar-refractivity contribution is 5.97. The summed E-state index contributed by atoms with van der Waals surface area (Å²) in [6, 6.07) is -0.848. The Hall–Kier alpha value is -1.10. The molecule has 110 valence electrons. The number of nitrogens with zero attached hydrogens (tertiary/aromatic N) is 1. The number of hydrogen-bond donors (Lipinski definition) is 1. The first-order valence-electron chi connectivity index (χ1n) is 6.88. The maximum Gasteiger partial charge on any atom is 0.246 e. The number of amides is 2. The summed E-state index contributed by atoms with van der Waals surface area (Å²) in [6.45, 7) is 10.1. The van der Waals surface area contributed by atoms with Crippen LogP contribution >= 0.6 is 0 Å². The first-order chi connectivity index (χ1) is 8.76. The van der Waals surface area contributed by atoms with Crippen LogP contribution in [0.25, 0.3) is 0 Å². The Bertz CT molecular complexity index is 353. The van der Waals surface area contributed by atoms with Crippen LogP contribution in [-0.2, 0) is 14.3 Å². The largest absolute Gasteiger partial charge is 0.382 e. The summed E-state index contributed by atoms with van der Waals surface area (Å²) >= 11 is 0. The van der Waals surface area contributed by atoms with Crippen molar-refractivity contribution >= 4 is 11.8 Å². The third-order valence-electron chi connectivity index (χ3n) is 3.59. The molecule has 0 aromatic rings. The molecule has 1 aliphatic rings. The maximum atomic E-state index is 12.6. The van der Waals surface area contributed by atoms with Crippen molar-refractivity contribution in [1.82, 2.24) is 10.2 Å². The van der Waals surface area contributed by atoms with E-state index in [0.717, 1.165) is 0 Å². The van der Waals surface area contributed by atoms with Gasteiger partial charge in [-0.05, 0) is 26.2 Å². The molecule has 0 spiro atoms. The summed E-state index contributed by atoms with van der Waals surface area (Å²) in [5, 5.41) is 2.82. The van der Waals surface area contributed by atoms with Gasteiger partial charge in [-0.1, -0.05) is 20.8 Å². The predicted molar refractivity (Wildman–Crippen MR) is 73.6 cm³/mol. The van der Waals surface area contributed by atoms with E-state index in [4.69, 9.17) is 4.74 Å². The van der Waals surface area contributed by atoms with Crippen molar-refractivity contribution in [3.8, 4) is 0 Å². The van der Waals surface area contributed by atoms with E-state index in [1.165, 1.54) is 0 Å². The zero-order chi connectivity index (χ0) is 14.8. The Morgan fingerprint density at radius 2 is 1.95 bits per heavy atom. The van der Waals surface area contributed by atoms with E-state index in [-0.39, 0.29) is 17.7 Å². The standard InChI is InChI=1S/C14H26N2O3/c1-7-10-13(18)16(14(4,5)8-19-6)11(9(2)3)12(17)15-10/h9-11H,7-8H2,1-6H3,(H,15,17). The fourth-order valence-electron chi connectivity index (χ4n) is 2.72. The molecule has 0 aliphatic carbocycles. The highest BCUT2D eigenvalue weighted by atomic mass is 16.5. The number of carbonyl (C=O) groups excluding carboxylic acids is 2. The van der Waals surface area contributed by atoms with Gasteiger partial charge in [0.2, 0.25) is 11.8 Å². The molecule has 2 atom stereocenters. The monoisotopic (exact) mass is 270 g/mol. The predicted octanol–water partition coefficient (Wildman–Crippen LogP) is 1.17. The van der Waals surface area contributed by atoms with Crippen LogP contribution in [0.15, 0.2) is 0 Å². The van der Waals surface area contributed by atoms with Crippen molar-refractivity contribution in [2.75, 3.05) is 13.7 Å². The van der Waals surface area contributed by atoms with Gasteiger partial charge in [0.1, 0.15) is 12.1 Å². The molecule has 1 saturated heterocycles. The van der Waals surface area contributed by atoms with Crippen LogP contribution in [-0.4, -0.2) is 48.1 Å². The minimum atomic E-state index is -0.494. The van der Waals surface area contributed by atoms with E-state index >= 15 is 0 Å². The third-order valence-corrected chi connectivity index (χ3v) is 3.59. The first kappa shape index (κ1) is 16.0. The molecule has 1 heterocycles. The number of nitrogens with one attached hydrogen (secondary N) is 1. The maximum absolute atomic E-state index is 12.6. The Labute approximate surface area is 115 Å². The third kappa shape index (κ3) is 3.08. The summed E-state index contributed by atoms with van der Waals surface area (Å²) in [7, 11) is 1.61. The normalized spacial score (nSPS) is 24.9. The SMILES string of the molecule is CCC1NC(=O)C(C(C)C)N(C(C)(C)COC)C1=O. The second kappa shape index (κ2) is 5.90. The average Bonchev–Trinajstić information content (AvgIpc) is 2.30. The molecule has 0 radical (unpaired) electrons. The quantitative estimate of drug-likeness (QED) is 0.816. The van der Waals surface area contributed by atoms with E-state index in [9.17, 15) is 9.59 Å². The van der Waals surface area contributed by atoms with Gasteiger partial charge in [0, 0.05) is 7.11 Å². The number of piperazine rings is 1. The van der Waals surface area contributed by atoms with E-state index in [1.54, 1.807) is 12.0 Å². The van der Waals surface area contributed by atoms with Crippen molar-refractivity contribution in [3.05, 3.63) is 0 Å². The lowest BCUT2D eigenvalue weighted by Gasteiger charge is -2.48. The highest BCUT2D eigenvalue weighted by Gasteiger charge is 2.47. The van der Waals surface area contributed by atoms with Crippen molar-refractivity contribution < 1.29 is 14.3 Å². The van der Waals surface area contributed by atoms with Gasteiger partial charge in [0.15, 0.2) is 0 Å². The van der Waals surface area contributed by atoms with Crippen LogP contribution in [0, 0.1) is 5.92 Å². The van der Waals surface area contributed by atoms with E-state index in [2.05, 4.69) is 5.32 Å². The molecule has 19 heavy (non-hydrogen) atoms. The minimum absolute atomic E-state index is 0.0112. The van der Waals surface area contributed by atoms with Gasteiger partial charge >= 0.3 is 0 Å². The Balaban J connectivity index is 3.16. The van der Waals surface area contributed by atoms with Crippen LogP contribution in [0.5, 0.6) is 0 Å². The molecule has 0 saturated carbocycles. The summed E-state index contributed by atoms with van der Waals surface area (Å²) in [4.78, 5) is 26.6. The molecule has 1 aliphatic heterocycles. The van der Waals surface area contributed by atoms with Crippen LogP contribution in [0.3, 0.4) is 0 Å². The lowest BCUT2D eigenvalue weighted by Crippen LogP contribution is -2.70. The number of rotatable bonds is 5. The van der Waals surface area contributed by atoms with Gasteiger partial charge in [-0.25, -0.2) is 0 Å². The summed E-state index contributed by atoms with van der Waals surface area (Å²) in [5.74, 6) is -0.00800. The Kier molecular flexibility index (Phi) is 4.96. The molecule has 0 aromatic heterocycles. The van der Waals surface area contributed by atoms with Gasteiger partial charge in [-0.3, -0.25) is 9.59 Å². The van der Waals surface area contributed by atoms with Gasteiger partial charge < -0.3 is 15.0 Å². The van der Waals surface area contributed by atoms with Crippen LogP contribution < -0.4 is 5.32 Å². The topological polar surface area (TPSA) is 58.6 Å². The van der Waals surface area contributed by atoms with Crippen LogP contribution in [0.4, 0.5) is 0 Å². The molecule has 1 rings (SSSR count). The Morgan fingerprint density at radius 3 is 2.37 bits per heavy atom. The van der Waals surface area contributed by atoms with Gasteiger partial charge in [0.25, 0.3) is 0 Å². The molecular weight excluding hydrogens is 244 g/mol. The zero-order valence-electron chi connectivity index (χ0n) is 12.8. The lowest BCUT2D eigenvalue weighted by molar-refractivity contribution is -0.160. The molecular formula is C14H26N2O3. The number of ether oxygens (including phenoxy) is 1. The van der Waals surface area contributed by atoms with Crippen LogP contribution in [0.1, 0.15) is 41.0 Å². The summed E-state index contributed by atoms with van der Waals surface area (Å²) in [5.41, 5.74) is -0.494.